The van der Waals surface area contributed by atoms with Crippen molar-refractivity contribution in [1.82, 2.24) is 0 Å². The van der Waals surface area contributed by atoms with Crippen molar-refractivity contribution in [3.8, 4) is 5.75 Å². The molecule has 1 atom stereocenters. The standard InChI is InChI=1S/C11H11F3O4/c1-2-18-10(17)9(16)7-5-6(11(12,13)14)3-4-8(7)15/h3-5,9,15-16H,2H2,1H3. The van der Waals surface area contributed by atoms with Crippen molar-refractivity contribution in [1.29, 1.82) is 0 Å². The second-order valence-corrected chi connectivity index (χ2v) is 3.43. The van der Waals surface area contributed by atoms with Crippen molar-refractivity contribution in [2.24, 2.45) is 0 Å². The SMILES string of the molecule is CCOC(=O)C(O)c1cc(C(F)(F)F)ccc1O. The van der Waals surface area contributed by atoms with E-state index < -0.39 is 35.1 Å². The Morgan fingerprint density at radius 1 is 1.44 bits per heavy atom. The van der Waals surface area contributed by atoms with E-state index in [0.717, 1.165) is 6.07 Å². The molecule has 0 aliphatic heterocycles. The van der Waals surface area contributed by atoms with Crippen molar-refractivity contribution in [2.45, 2.75) is 19.2 Å². The molecular weight excluding hydrogens is 253 g/mol. The van der Waals surface area contributed by atoms with E-state index in [0.29, 0.717) is 12.1 Å². The number of halogens is 3. The molecule has 1 aromatic carbocycles. The summed E-state index contributed by atoms with van der Waals surface area (Å²) < 4.78 is 41.8. The van der Waals surface area contributed by atoms with E-state index >= 15 is 0 Å². The van der Waals surface area contributed by atoms with Gasteiger partial charge in [-0.25, -0.2) is 4.79 Å². The Bertz CT molecular complexity index is 442. The summed E-state index contributed by atoms with van der Waals surface area (Å²) >= 11 is 0. The Hall–Kier alpha value is -1.76. The first-order valence-corrected chi connectivity index (χ1v) is 5.02. The highest BCUT2D eigenvalue weighted by atomic mass is 19.4. The first-order chi connectivity index (χ1) is 8.27. The van der Waals surface area contributed by atoms with Crippen LogP contribution in [0, 0.1) is 0 Å². The largest absolute Gasteiger partial charge is 0.508 e. The molecule has 0 aromatic heterocycles. The number of alkyl halides is 3. The van der Waals surface area contributed by atoms with Gasteiger partial charge in [-0.05, 0) is 25.1 Å². The third-order valence-corrected chi connectivity index (χ3v) is 2.16. The lowest BCUT2D eigenvalue weighted by Gasteiger charge is -2.14. The van der Waals surface area contributed by atoms with Gasteiger partial charge in [-0.3, -0.25) is 0 Å². The minimum atomic E-state index is -4.63. The number of phenolic OH excluding ortho intramolecular Hbond substituents is 1. The van der Waals surface area contributed by atoms with Crippen LogP contribution in [-0.4, -0.2) is 22.8 Å². The highest BCUT2D eigenvalue weighted by Gasteiger charge is 2.33. The second-order valence-electron chi connectivity index (χ2n) is 3.43. The van der Waals surface area contributed by atoms with E-state index in [-0.39, 0.29) is 6.61 Å². The molecule has 0 saturated carbocycles. The first-order valence-electron chi connectivity index (χ1n) is 5.02. The Balaban J connectivity index is 3.12. The van der Waals surface area contributed by atoms with Gasteiger partial charge >= 0.3 is 12.1 Å². The van der Waals surface area contributed by atoms with Crippen molar-refractivity contribution < 1.29 is 32.9 Å². The number of hydrogen-bond donors (Lipinski definition) is 2. The van der Waals surface area contributed by atoms with E-state index in [2.05, 4.69) is 4.74 Å². The van der Waals surface area contributed by atoms with E-state index in [1.54, 1.807) is 0 Å². The summed E-state index contributed by atoms with van der Waals surface area (Å²) in [4.78, 5) is 11.2. The van der Waals surface area contributed by atoms with Crippen LogP contribution in [0.15, 0.2) is 18.2 Å². The number of aromatic hydroxyl groups is 1. The monoisotopic (exact) mass is 264 g/mol. The molecule has 0 fully saturated rings. The van der Waals surface area contributed by atoms with Gasteiger partial charge in [-0.1, -0.05) is 0 Å². The maximum absolute atomic E-state index is 12.4. The number of esters is 1. The summed E-state index contributed by atoms with van der Waals surface area (Å²) in [5, 5.41) is 18.8. The zero-order valence-electron chi connectivity index (χ0n) is 9.36. The molecule has 0 aliphatic rings. The van der Waals surface area contributed by atoms with Crippen LogP contribution >= 0.6 is 0 Å². The molecule has 7 heteroatoms. The number of carbonyl (C=O) groups is 1. The van der Waals surface area contributed by atoms with Gasteiger partial charge in [0, 0.05) is 5.56 Å². The lowest BCUT2D eigenvalue weighted by molar-refractivity contribution is -0.153. The third-order valence-electron chi connectivity index (χ3n) is 2.16. The Kier molecular flexibility index (Phi) is 4.18. The number of phenols is 1. The number of hydrogen-bond acceptors (Lipinski definition) is 4. The van der Waals surface area contributed by atoms with Crippen molar-refractivity contribution in [2.75, 3.05) is 6.61 Å². The van der Waals surface area contributed by atoms with E-state index in [4.69, 9.17) is 0 Å². The average Bonchev–Trinajstić information content (AvgIpc) is 2.27. The van der Waals surface area contributed by atoms with Gasteiger partial charge < -0.3 is 14.9 Å². The molecule has 0 bridgehead atoms. The predicted octanol–water partition coefficient (Wildman–Crippen LogP) is 2.01. The highest BCUT2D eigenvalue weighted by molar-refractivity contribution is 5.77. The molecule has 0 aliphatic carbocycles. The quantitative estimate of drug-likeness (QED) is 0.819. The molecule has 0 amide bonds. The minimum Gasteiger partial charge on any atom is -0.508 e. The lowest BCUT2D eigenvalue weighted by Crippen LogP contribution is -2.16. The normalized spacial score (nSPS) is 13.2. The van der Waals surface area contributed by atoms with Gasteiger partial charge in [0.25, 0.3) is 0 Å². The van der Waals surface area contributed by atoms with Crippen LogP contribution in [0.2, 0.25) is 0 Å². The van der Waals surface area contributed by atoms with Crippen LogP contribution in [0.1, 0.15) is 24.2 Å². The van der Waals surface area contributed by atoms with Crippen LogP contribution in [0.5, 0.6) is 5.75 Å². The fraction of sp³-hybridized carbons (Fsp3) is 0.364. The third kappa shape index (κ3) is 3.13. The fourth-order valence-electron chi connectivity index (χ4n) is 1.30. The topological polar surface area (TPSA) is 66.8 Å². The van der Waals surface area contributed by atoms with Crippen LogP contribution in [-0.2, 0) is 15.7 Å². The Morgan fingerprint density at radius 2 is 2.06 bits per heavy atom. The summed E-state index contributed by atoms with van der Waals surface area (Å²) in [6.45, 7) is 1.45. The highest BCUT2D eigenvalue weighted by Crippen LogP contribution is 2.34. The number of aliphatic hydroxyl groups is 1. The lowest BCUT2D eigenvalue weighted by atomic mass is 10.0. The van der Waals surface area contributed by atoms with Crippen molar-refractivity contribution >= 4 is 5.97 Å². The molecule has 0 spiro atoms. The molecule has 18 heavy (non-hydrogen) atoms. The van der Waals surface area contributed by atoms with Crippen LogP contribution in [0.25, 0.3) is 0 Å². The number of benzene rings is 1. The van der Waals surface area contributed by atoms with Gasteiger partial charge in [-0.15, -0.1) is 0 Å². The number of ether oxygens (including phenoxy) is 1. The zero-order valence-corrected chi connectivity index (χ0v) is 9.36. The average molecular weight is 264 g/mol. The summed E-state index contributed by atoms with van der Waals surface area (Å²) in [5.74, 6) is -1.73. The van der Waals surface area contributed by atoms with Crippen molar-refractivity contribution in [3.05, 3.63) is 29.3 Å². The molecule has 0 radical (unpaired) electrons. The minimum absolute atomic E-state index is 0.0321. The molecule has 1 aromatic rings. The van der Waals surface area contributed by atoms with Crippen molar-refractivity contribution in [3.63, 3.8) is 0 Å². The summed E-state index contributed by atoms with van der Waals surface area (Å²) in [5.41, 5.74) is -1.61. The molecule has 0 heterocycles. The van der Waals surface area contributed by atoms with Gasteiger partial charge in [0.2, 0.25) is 0 Å². The van der Waals surface area contributed by atoms with E-state index in [1.807, 2.05) is 0 Å². The molecule has 2 N–H and O–H groups in total. The Labute approximate surface area is 101 Å². The zero-order chi connectivity index (χ0) is 13.9. The van der Waals surface area contributed by atoms with Gasteiger partial charge in [-0.2, -0.15) is 13.2 Å². The predicted molar refractivity (Wildman–Crippen MR) is 54.7 cm³/mol. The molecule has 1 rings (SSSR count). The van der Waals surface area contributed by atoms with Crippen LogP contribution in [0.3, 0.4) is 0 Å². The summed E-state index contributed by atoms with van der Waals surface area (Å²) in [6.07, 6.45) is -6.58. The van der Waals surface area contributed by atoms with Crippen LogP contribution in [0.4, 0.5) is 13.2 Å². The molecule has 0 saturated heterocycles. The maximum Gasteiger partial charge on any atom is 0.416 e. The molecule has 100 valence electrons. The fourth-order valence-corrected chi connectivity index (χ4v) is 1.30. The van der Waals surface area contributed by atoms with E-state index in [9.17, 15) is 28.2 Å². The Morgan fingerprint density at radius 3 is 2.56 bits per heavy atom. The number of aliphatic hydroxyl groups excluding tert-OH is 1. The summed E-state index contributed by atoms with van der Waals surface area (Å²) in [7, 11) is 0. The van der Waals surface area contributed by atoms with Gasteiger partial charge in [0.1, 0.15) is 5.75 Å². The number of carbonyl (C=O) groups excluding carboxylic acids is 1. The molecular formula is C11H11F3O4. The molecule has 4 nitrogen and oxygen atoms in total. The first kappa shape index (κ1) is 14.3. The smallest absolute Gasteiger partial charge is 0.416 e. The maximum atomic E-state index is 12.4. The van der Waals surface area contributed by atoms with Gasteiger partial charge in [0.05, 0.1) is 12.2 Å². The summed E-state index contributed by atoms with van der Waals surface area (Å²) in [6, 6.07) is 1.92. The molecule has 1 unspecified atom stereocenters. The van der Waals surface area contributed by atoms with E-state index in [1.165, 1.54) is 6.92 Å². The van der Waals surface area contributed by atoms with Crippen LogP contribution < -0.4 is 0 Å². The van der Waals surface area contributed by atoms with Gasteiger partial charge in [0.15, 0.2) is 6.10 Å². The second kappa shape index (κ2) is 5.26. The number of rotatable bonds is 3.